The van der Waals surface area contributed by atoms with E-state index in [-0.39, 0.29) is 6.61 Å². The average molecular weight is 280 g/mol. The number of methoxy groups -OCH3 is 1. The second kappa shape index (κ2) is 6.73. The summed E-state index contributed by atoms with van der Waals surface area (Å²) in [5.74, 6) is 1.10. The van der Waals surface area contributed by atoms with Crippen molar-refractivity contribution in [3.05, 3.63) is 24.3 Å². The molecule has 0 aromatic heterocycles. The largest absolute Gasteiger partial charge is 0.495 e. The van der Waals surface area contributed by atoms with E-state index in [1.165, 1.54) is 0 Å². The first kappa shape index (κ1) is 14.1. The third-order valence-electron chi connectivity index (χ3n) is 3.41. The highest BCUT2D eigenvalue weighted by Gasteiger charge is 2.21. The fourth-order valence-corrected chi connectivity index (χ4v) is 2.62. The SMILES string of the molecule is COc1ccccc1NC(=S)N1CCCC(CO)C1. The van der Waals surface area contributed by atoms with Crippen molar-refractivity contribution in [3.63, 3.8) is 0 Å². The van der Waals surface area contributed by atoms with Crippen LogP contribution in [0.4, 0.5) is 5.69 Å². The highest BCUT2D eigenvalue weighted by Crippen LogP contribution is 2.24. The predicted molar refractivity (Wildman–Crippen MR) is 80.6 cm³/mol. The van der Waals surface area contributed by atoms with E-state index < -0.39 is 0 Å². The molecule has 0 spiro atoms. The number of aliphatic hydroxyl groups is 1. The van der Waals surface area contributed by atoms with Gasteiger partial charge in [0, 0.05) is 19.7 Å². The summed E-state index contributed by atoms with van der Waals surface area (Å²) in [6.07, 6.45) is 2.14. The summed E-state index contributed by atoms with van der Waals surface area (Å²) in [5.41, 5.74) is 0.876. The van der Waals surface area contributed by atoms with Crippen LogP contribution in [0, 0.1) is 5.92 Å². The minimum Gasteiger partial charge on any atom is -0.495 e. The van der Waals surface area contributed by atoms with Crippen molar-refractivity contribution < 1.29 is 9.84 Å². The van der Waals surface area contributed by atoms with Gasteiger partial charge in [-0.25, -0.2) is 0 Å². The van der Waals surface area contributed by atoms with Crippen LogP contribution in [0.15, 0.2) is 24.3 Å². The molecule has 1 aromatic carbocycles. The van der Waals surface area contributed by atoms with Gasteiger partial charge < -0.3 is 20.1 Å². The van der Waals surface area contributed by atoms with Gasteiger partial charge in [-0.15, -0.1) is 0 Å². The summed E-state index contributed by atoms with van der Waals surface area (Å²) >= 11 is 5.44. The number of aliphatic hydroxyl groups excluding tert-OH is 1. The van der Waals surface area contributed by atoms with E-state index in [0.29, 0.717) is 11.0 Å². The van der Waals surface area contributed by atoms with Gasteiger partial charge in [0.2, 0.25) is 0 Å². The van der Waals surface area contributed by atoms with Crippen LogP contribution >= 0.6 is 12.2 Å². The molecule has 1 saturated heterocycles. The smallest absolute Gasteiger partial charge is 0.173 e. The minimum absolute atomic E-state index is 0.230. The van der Waals surface area contributed by atoms with Crippen molar-refractivity contribution >= 4 is 23.0 Å². The molecule has 1 fully saturated rings. The Hall–Kier alpha value is -1.33. The fourth-order valence-electron chi connectivity index (χ4n) is 2.34. The molecule has 19 heavy (non-hydrogen) atoms. The van der Waals surface area contributed by atoms with Crippen LogP contribution in [0.2, 0.25) is 0 Å². The molecule has 104 valence electrons. The monoisotopic (exact) mass is 280 g/mol. The molecule has 2 rings (SSSR count). The van der Waals surface area contributed by atoms with Crippen molar-refractivity contribution in [1.29, 1.82) is 0 Å². The Balaban J connectivity index is 2.00. The molecule has 0 aliphatic carbocycles. The number of hydrogen-bond donors (Lipinski definition) is 2. The number of para-hydroxylation sites is 2. The maximum Gasteiger partial charge on any atom is 0.173 e. The Morgan fingerprint density at radius 3 is 3.05 bits per heavy atom. The molecule has 2 N–H and O–H groups in total. The second-order valence-electron chi connectivity index (χ2n) is 4.77. The molecule has 1 aliphatic heterocycles. The number of ether oxygens (including phenoxy) is 1. The maximum atomic E-state index is 9.25. The highest BCUT2D eigenvalue weighted by atomic mass is 32.1. The first-order valence-electron chi connectivity index (χ1n) is 6.54. The van der Waals surface area contributed by atoms with Crippen LogP contribution in [-0.2, 0) is 0 Å². The average Bonchev–Trinajstić information content (AvgIpc) is 2.47. The third kappa shape index (κ3) is 3.58. The number of nitrogens with one attached hydrogen (secondary N) is 1. The predicted octanol–water partition coefficient (Wildman–Crippen LogP) is 2.10. The van der Waals surface area contributed by atoms with Crippen molar-refractivity contribution in [2.75, 3.05) is 32.1 Å². The van der Waals surface area contributed by atoms with E-state index >= 15 is 0 Å². The summed E-state index contributed by atoms with van der Waals surface area (Å²) in [5, 5.41) is 13.2. The second-order valence-corrected chi connectivity index (χ2v) is 5.15. The Labute approximate surface area is 119 Å². The normalized spacial score (nSPS) is 19.1. The maximum absolute atomic E-state index is 9.25. The quantitative estimate of drug-likeness (QED) is 0.830. The molecular weight excluding hydrogens is 260 g/mol. The van der Waals surface area contributed by atoms with Gasteiger partial charge in [-0.05, 0) is 43.1 Å². The summed E-state index contributed by atoms with van der Waals surface area (Å²) in [6, 6.07) is 7.71. The molecule has 0 radical (unpaired) electrons. The lowest BCUT2D eigenvalue weighted by atomic mass is 9.99. The molecule has 4 nitrogen and oxygen atoms in total. The van der Waals surface area contributed by atoms with Gasteiger partial charge >= 0.3 is 0 Å². The molecule has 1 aliphatic rings. The first-order chi connectivity index (χ1) is 9.24. The lowest BCUT2D eigenvalue weighted by Crippen LogP contribution is -2.43. The number of hydrogen-bond acceptors (Lipinski definition) is 3. The van der Waals surface area contributed by atoms with Crippen molar-refractivity contribution in [2.45, 2.75) is 12.8 Å². The topological polar surface area (TPSA) is 44.7 Å². The van der Waals surface area contributed by atoms with E-state index in [9.17, 15) is 5.11 Å². The lowest BCUT2D eigenvalue weighted by Gasteiger charge is -2.34. The van der Waals surface area contributed by atoms with Crippen LogP contribution in [0.25, 0.3) is 0 Å². The van der Waals surface area contributed by atoms with E-state index in [0.717, 1.165) is 37.4 Å². The molecule has 0 bridgehead atoms. The Bertz CT molecular complexity index is 439. The van der Waals surface area contributed by atoms with Gasteiger partial charge in [0.05, 0.1) is 12.8 Å². The van der Waals surface area contributed by atoms with Crippen LogP contribution in [0.3, 0.4) is 0 Å². The van der Waals surface area contributed by atoms with E-state index in [2.05, 4.69) is 10.2 Å². The standard InChI is InChI=1S/C14H20N2O2S/c1-18-13-7-3-2-6-12(13)15-14(19)16-8-4-5-11(9-16)10-17/h2-3,6-7,11,17H,4-5,8-10H2,1H3,(H,15,19). The minimum atomic E-state index is 0.230. The van der Waals surface area contributed by atoms with E-state index in [1.807, 2.05) is 24.3 Å². The number of rotatable bonds is 3. The van der Waals surface area contributed by atoms with Crippen molar-refractivity contribution in [1.82, 2.24) is 4.90 Å². The summed E-state index contributed by atoms with van der Waals surface area (Å²) in [7, 11) is 1.65. The molecule has 1 unspecified atom stereocenters. The summed E-state index contributed by atoms with van der Waals surface area (Å²) in [4.78, 5) is 2.12. The van der Waals surface area contributed by atoms with Crippen LogP contribution in [0.5, 0.6) is 5.75 Å². The van der Waals surface area contributed by atoms with Gasteiger partial charge in [0.25, 0.3) is 0 Å². The molecule has 5 heteroatoms. The zero-order valence-electron chi connectivity index (χ0n) is 11.1. The summed E-state index contributed by atoms with van der Waals surface area (Å²) < 4.78 is 5.30. The number of piperidine rings is 1. The third-order valence-corrected chi connectivity index (χ3v) is 3.77. The van der Waals surface area contributed by atoms with Crippen molar-refractivity contribution in [3.8, 4) is 5.75 Å². The Morgan fingerprint density at radius 2 is 2.32 bits per heavy atom. The van der Waals surface area contributed by atoms with Crippen molar-refractivity contribution in [2.24, 2.45) is 5.92 Å². The molecule has 0 saturated carbocycles. The van der Waals surface area contributed by atoms with E-state index in [4.69, 9.17) is 17.0 Å². The molecule has 1 atom stereocenters. The Morgan fingerprint density at radius 1 is 1.53 bits per heavy atom. The number of likely N-dealkylation sites (tertiary alicyclic amines) is 1. The Kier molecular flexibility index (Phi) is 4.99. The molecule has 1 heterocycles. The molecule has 1 aromatic rings. The van der Waals surface area contributed by atoms with Gasteiger partial charge in [-0.1, -0.05) is 12.1 Å². The van der Waals surface area contributed by atoms with E-state index in [1.54, 1.807) is 7.11 Å². The molecular formula is C14H20N2O2S. The van der Waals surface area contributed by atoms with Crippen LogP contribution in [0.1, 0.15) is 12.8 Å². The van der Waals surface area contributed by atoms with Gasteiger partial charge in [0.1, 0.15) is 5.75 Å². The fraction of sp³-hybridized carbons (Fsp3) is 0.500. The zero-order chi connectivity index (χ0) is 13.7. The van der Waals surface area contributed by atoms with Gasteiger partial charge in [-0.2, -0.15) is 0 Å². The van der Waals surface area contributed by atoms with Crippen LogP contribution < -0.4 is 10.1 Å². The van der Waals surface area contributed by atoms with Crippen LogP contribution in [-0.4, -0.2) is 41.9 Å². The lowest BCUT2D eigenvalue weighted by molar-refractivity contribution is 0.162. The number of nitrogens with zero attached hydrogens (tertiary/aromatic N) is 1. The number of thiocarbonyl (C=S) groups is 1. The van der Waals surface area contributed by atoms with Gasteiger partial charge in [0.15, 0.2) is 5.11 Å². The van der Waals surface area contributed by atoms with Gasteiger partial charge in [-0.3, -0.25) is 0 Å². The first-order valence-corrected chi connectivity index (χ1v) is 6.95. The summed E-state index contributed by atoms with van der Waals surface area (Å²) in [6.45, 7) is 1.99. The number of benzene rings is 1. The highest BCUT2D eigenvalue weighted by molar-refractivity contribution is 7.80. The number of anilines is 1. The molecule has 0 amide bonds. The zero-order valence-corrected chi connectivity index (χ0v) is 11.9.